The minimum atomic E-state index is -0.397. The van der Waals surface area contributed by atoms with Gasteiger partial charge in [-0.3, -0.25) is 0 Å². The largest absolute Gasteiger partial charge is 0.465 e. The highest BCUT2D eigenvalue weighted by Gasteiger charge is 2.11. The second kappa shape index (κ2) is 3.62. The quantitative estimate of drug-likeness (QED) is 0.738. The lowest BCUT2D eigenvalue weighted by molar-refractivity contribution is 0.0600. The van der Waals surface area contributed by atoms with Gasteiger partial charge in [0.2, 0.25) is 0 Å². The molecule has 2 rings (SSSR count). The van der Waals surface area contributed by atoms with Gasteiger partial charge in [0.25, 0.3) is 0 Å². The number of halogens is 1. The first kappa shape index (κ1) is 10.1. The lowest BCUT2D eigenvalue weighted by atomic mass is 10.3. The molecular weight excluding hydrogens is 262 g/mol. The van der Waals surface area contributed by atoms with E-state index in [1.54, 1.807) is 23.7 Å². The molecule has 0 radical (unpaired) electrons. The van der Waals surface area contributed by atoms with Gasteiger partial charge in [-0.25, -0.2) is 14.3 Å². The minimum Gasteiger partial charge on any atom is -0.465 e. The molecule has 0 N–H and O–H groups in total. The van der Waals surface area contributed by atoms with Crippen LogP contribution in [0.5, 0.6) is 0 Å². The van der Waals surface area contributed by atoms with Crippen molar-refractivity contribution >= 4 is 27.5 Å². The van der Waals surface area contributed by atoms with Gasteiger partial charge in [0.15, 0.2) is 5.65 Å². The lowest BCUT2D eigenvalue weighted by Gasteiger charge is -2.00. The molecular formula is C9H8BrN3O2. The number of aromatic nitrogens is 3. The summed E-state index contributed by atoms with van der Waals surface area (Å²) >= 11 is 3.33. The molecule has 2 aromatic rings. The first-order valence-electron chi connectivity index (χ1n) is 4.22. The minimum absolute atomic E-state index is 0.397. The van der Waals surface area contributed by atoms with Crippen molar-refractivity contribution in [2.45, 2.75) is 6.92 Å². The number of hydrogen-bond donors (Lipinski definition) is 0. The lowest BCUT2D eigenvalue weighted by Crippen LogP contribution is -2.03. The standard InChI is InChI=1S/C9H8BrN3O2/c1-5-11-8-7(10)3-6(9(14)15-2)4-13(8)12-5/h3-4H,1-2H3. The normalized spacial score (nSPS) is 10.6. The van der Waals surface area contributed by atoms with Crippen molar-refractivity contribution < 1.29 is 9.53 Å². The molecule has 0 fully saturated rings. The summed E-state index contributed by atoms with van der Waals surface area (Å²) in [6, 6.07) is 1.66. The maximum atomic E-state index is 11.3. The Kier molecular flexibility index (Phi) is 2.44. The molecule has 0 amide bonds. The summed E-state index contributed by atoms with van der Waals surface area (Å²) in [5.41, 5.74) is 1.11. The summed E-state index contributed by atoms with van der Waals surface area (Å²) in [6.45, 7) is 1.79. The fourth-order valence-electron chi connectivity index (χ4n) is 1.28. The number of carbonyl (C=O) groups is 1. The Bertz CT molecular complexity index is 535. The zero-order chi connectivity index (χ0) is 11.0. The van der Waals surface area contributed by atoms with Crippen LogP contribution in [0.1, 0.15) is 16.2 Å². The molecule has 0 aromatic carbocycles. The average Bonchev–Trinajstić information content (AvgIpc) is 2.58. The number of pyridine rings is 1. The predicted molar refractivity (Wildman–Crippen MR) is 56.8 cm³/mol. The van der Waals surface area contributed by atoms with Gasteiger partial charge in [0.05, 0.1) is 17.1 Å². The van der Waals surface area contributed by atoms with Gasteiger partial charge in [0.1, 0.15) is 5.82 Å². The Hall–Kier alpha value is -1.43. The highest BCUT2D eigenvalue weighted by molar-refractivity contribution is 9.10. The summed E-state index contributed by atoms with van der Waals surface area (Å²) < 4.78 is 6.89. The summed E-state index contributed by atoms with van der Waals surface area (Å²) in [5, 5.41) is 4.12. The molecule has 0 atom stereocenters. The molecule has 0 saturated heterocycles. The van der Waals surface area contributed by atoms with Crippen LogP contribution in [-0.2, 0) is 4.74 Å². The molecule has 0 aliphatic carbocycles. The second-order valence-corrected chi connectivity index (χ2v) is 3.85. The van der Waals surface area contributed by atoms with Crippen LogP contribution >= 0.6 is 15.9 Å². The molecule has 0 bridgehead atoms. The van der Waals surface area contributed by atoms with E-state index in [9.17, 15) is 4.79 Å². The van der Waals surface area contributed by atoms with E-state index in [0.29, 0.717) is 21.5 Å². The summed E-state index contributed by atoms with van der Waals surface area (Å²) in [5.74, 6) is 0.253. The number of esters is 1. The van der Waals surface area contributed by atoms with Gasteiger partial charge in [-0.1, -0.05) is 0 Å². The zero-order valence-electron chi connectivity index (χ0n) is 8.19. The molecule has 15 heavy (non-hydrogen) atoms. The number of nitrogens with zero attached hydrogens (tertiary/aromatic N) is 3. The van der Waals surface area contributed by atoms with Crippen molar-refractivity contribution in [3.63, 3.8) is 0 Å². The molecule has 0 unspecified atom stereocenters. The van der Waals surface area contributed by atoms with Crippen LogP contribution in [0, 0.1) is 6.92 Å². The van der Waals surface area contributed by atoms with E-state index in [1.807, 2.05) is 0 Å². The van der Waals surface area contributed by atoms with Crippen LogP contribution in [0.15, 0.2) is 16.7 Å². The molecule has 0 spiro atoms. The van der Waals surface area contributed by atoms with E-state index in [4.69, 9.17) is 0 Å². The van der Waals surface area contributed by atoms with Gasteiger partial charge in [-0.05, 0) is 28.9 Å². The van der Waals surface area contributed by atoms with Crippen molar-refractivity contribution in [1.82, 2.24) is 14.6 Å². The molecule has 0 saturated carbocycles. The molecule has 6 heteroatoms. The first-order chi connectivity index (χ1) is 7.11. The number of carbonyl (C=O) groups excluding carboxylic acids is 1. The van der Waals surface area contributed by atoms with Crippen molar-refractivity contribution in [3.05, 3.63) is 28.1 Å². The van der Waals surface area contributed by atoms with Gasteiger partial charge >= 0.3 is 5.97 Å². The van der Waals surface area contributed by atoms with Crippen LogP contribution in [-0.4, -0.2) is 27.7 Å². The molecule has 5 nitrogen and oxygen atoms in total. The molecule has 78 valence electrons. The van der Waals surface area contributed by atoms with Crippen molar-refractivity contribution in [1.29, 1.82) is 0 Å². The topological polar surface area (TPSA) is 56.5 Å². The van der Waals surface area contributed by atoms with Gasteiger partial charge < -0.3 is 4.74 Å². The van der Waals surface area contributed by atoms with Crippen molar-refractivity contribution in [2.24, 2.45) is 0 Å². The highest BCUT2D eigenvalue weighted by atomic mass is 79.9. The summed E-state index contributed by atoms with van der Waals surface area (Å²) in [6.07, 6.45) is 1.59. The summed E-state index contributed by atoms with van der Waals surface area (Å²) in [7, 11) is 1.34. The van der Waals surface area contributed by atoms with E-state index in [0.717, 1.165) is 0 Å². The fourth-order valence-corrected chi connectivity index (χ4v) is 1.80. The number of methoxy groups -OCH3 is 1. The number of hydrogen-bond acceptors (Lipinski definition) is 4. The van der Waals surface area contributed by atoms with E-state index < -0.39 is 5.97 Å². The third-order valence-corrected chi connectivity index (χ3v) is 2.50. The highest BCUT2D eigenvalue weighted by Crippen LogP contribution is 2.18. The Morgan fingerprint density at radius 2 is 2.33 bits per heavy atom. The maximum Gasteiger partial charge on any atom is 0.339 e. The SMILES string of the molecule is COC(=O)c1cc(Br)c2nc(C)nn2c1. The molecule has 2 aromatic heterocycles. The number of ether oxygens (including phenoxy) is 1. The molecule has 2 heterocycles. The second-order valence-electron chi connectivity index (χ2n) is 3.00. The van der Waals surface area contributed by atoms with Crippen molar-refractivity contribution in [2.75, 3.05) is 7.11 Å². The van der Waals surface area contributed by atoms with Gasteiger partial charge in [-0.2, -0.15) is 5.10 Å². The maximum absolute atomic E-state index is 11.3. The Balaban J connectivity index is 2.66. The number of fused-ring (bicyclic) bond motifs is 1. The van der Waals surface area contributed by atoms with Crippen LogP contribution in [0.2, 0.25) is 0 Å². The van der Waals surface area contributed by atoms with E-state index in [2.05, 4.69) is 30.7 Å². The summed E-state index contributed by atoms with van der Waals surface area (Å²) in [4.78, 5) is 15.5. The Labute approximate surface area is 94.2 Å². The monoisotopic (exact) mass is 269 g/mol. The van der Waals surface area contributed by atoms with E-state index in [1.165, 1.54) is 7.11 Å². The Morgan fingerprint density at radius 3 is 3.00 bits per heavy atom. The van der Waals surface area contributed by atoms with Gasteiger partial charge in [0, 0.05) is 6.20 Å². The van der Waals surface area contributed by atoms with Crippen LogP contribution in [0.25, 0.3) is 5.65 Å². The number of rotatable bonds is 1. The van der Waals surface area contributed by atoms with Crippen LogP contribution in [0.3, 0.4) is 0 Å². The third-order valence-electron chi connectivity index (χ3n) is 1.92. The molecule has 0 aliphatic heterocycles. The van der Waals surface area contributed by atoms with E-state index in [-0.39, 0.29) is 0 Å². The molecule has 0 aliphatic rings. The Morgan fingerprint density at radius 1 is 1.60 bits per heavy atom. The average molecular weight is 270 g/mol. The van der Waals surface area contributed by atoms with Crippen LogP contribution in [0.4, 0.5) is 0 Å². The number of aryl methyl sites for hydroxylation is 1. The van der Waals surface area contributed by atoms with Crippen molar-refractivity contribution in [3.8, 4) is 0 Å². The first-order valence-corrected chi connectivity index (χ1v) is 5.02. The fraction of sp³-hybridized carbons (Fsp3) is 0.222. The third kappa shape index (κ3) is 1.72. The zero-order valence-corrected chi connectivity index (χ0v) is 9.78. The predicted octanol–water partition coefficient (Wildman–Crippen LogP) is 1.59. The van der Waals surface area contributed by atoms with Crippen LogP contribution < -0.4 is 0 Å². The smallest absolute Gasteiger partial charge is 0.339 e. The van der Waals surface area contributed by atoms with Gasteiger partial charge in [-0.15, -0.1) is 0 Å². The van der Waals surface area contributed by atoms with E-state index >= 15 is 0 Å².